The molecule has 0 amide bonds. The third-order valence-electron chi connectivity index (χ3n) is 4.95. The molecule has 0 aliphatic heterocycles. The molecule has 3 aromatic rings. The second-order valence-electron chi connectivity index (χ2n) is 6.96. The number of halogens is 1. The van der Waals surface area contributed by atoms with Gasteiger partial charge in [-0.25, -0.2) is 4.39 Å². The highest BCUT2D eigenvalue weighted by Gasteiger charge is 2.09. The highest BCUT2D eigenvalue weighted by atomic mass is 19.1. The molecule has 1 heterocycles. The number of aliphatic imine (C=N–C) groups is 1. The smallest absolute Gasteiger partial charge is 0.191 e. The number of methoxy groups -OCH3 is 2. The number of nitriles is 1. The average molecular weight is 423 g/mol. The number of hydrogen-bond donors (Lipinski definition) is 3. The van der Waals surface area contributed by atoms with E-state index < -0.39 is 0 Å². The van der Waals surface area contributed by atoms with Crippen LogP contribution in [-0.2, 0) is 13.0 Å². The highest BCUT2D eigenvalue weighted by Crippen LogP contribution is 2.31. The Morgan fingerprint density at radius 1 is 1.16 bits per heavy atom. The number of aromatic amines is 1. The molecule has 0 atom stereocenters. The molecule has 3 rings (SSSR count). The van der Waals surface area contributed by atoms with Gasteiger partial charge in [0.25, 0.3) is 0 Å². The summed E-state index contributed by atoms with van der Waals surface area (Å²) >= 11 is 0. The molecule has 162 valence electrons. The van der Waals surface area contributed by atoms with Crippen LogP contribution in [0.4, 0.5) is 4.39 Å². The summed E-state index contributed by atoms with van der Waals surface area (Å²) in [6.45, 7) is 0.931. The summed E-state index contributed by atoms with van der Waals surface area (Å²) in [5.74, 6) is 1.73. The van der Waals surface area contributed by atoms with E-state index >= 15 is 0 Å². The Morgan fingerprint density at radius 3 is 2.71 bits per heavy atom. The maximum atomic E-state index is 13.9. The van der Waals surface area contributed by atoms with Crippen molar-refractivity contribution in [3.63, 3.8) is 0 Å². The van der Waals surface area contributed by atoms with Gasteiger partial charge >= 0.3 is 0 Å². The lowest BCUT2D eigenvalue weighted by Crippen LogP contribution is -2.37. The van der Waals surface area contributed by atoms with E-state index in [2.05, 4.69) is 26.7 Å². The van der Waals surface area contributed by atoms with Crippen molar-refractivity contribution in [2.75, 3.05) is 27.8 Å². The number of aromatic nitrogens is 1. The predicted molar refractivity (Wildman–Crippen MR) is 119 cm³/mol. The number of nitrogens with one attached hydrogen (secondary N) is 3. The van der Waals surface area contributed by atoms with Gasteiger partial charge in [0.05, 0.1) is 31.4 Å². The van der Waals surface area contributed by atoms with Crippen molar-refractivity contribution in [2.24, 2.45) is 4.99 Å². The zero-order chi connectivity index (χ0) is 22.2. The number of ether oxygens (including phenoxy) is 2. The van der Waals surface area contributed by atoms with Crippen LogP contribution < -0.4 is 20.1 Å². The Labute approximate surface area is 180 Å². The number of benzene rings is 2. The van der Waals surface area contributed by atoms with Crippen LogP contribution in [-0.4, -0.2) is 38.8 Å². The van der Waals surface area contributed by atoms with Crippen molar-refractivity contribution in [3.8, 4) is 17.6 Å². The van der Waals surface area contributed by atoms with Gasteiger partial charge in [-0.15, -0.1) is 0 Å². The van der Waals surface area contributed by atoms with Crippen molar-refractivity contribution < 1.29 is 13.9 Å². The molecule has 0 saturated carbocycles. The summed E-state index contributed by atoms with van der Waals surface area (Å²) in [4.78, 5) is 7.57. The van der Waals surface area contributed by atoms with E-state index in [4.69, 9.17) is 14.7 Å². The van der Waals surface area contributed by atoms with Crippen LogP contribution in [0.1, 0.15) is 23.2 Å². The molecule has 0 unspecified atom stereocenters. The van der Waals surface area contributed by atoms with Gasteiger partial charge in [-0.05, 0) is 37.1 Å². The lowest BCUT2D eigenvalue weighted by molar-refractivity contribution is 0.398. The van der Waals surface area contributed by atoms with Crippen LogP contribution in [0.2, 0.25) is 0 Å². The van der Waals surface area contributed by atoms with Gasteiger partial charge in [-0.1, -0.05) is 0 Å². The minimum atomic E-state index is -0.354. The van der Waals surface area contributed by atoms with Crippen molar-refractivity contribution in [2.45, 2.75) is 19.4 Å². The molecule has 0 fully saturated rings. The molecule has 2 aromatic carbocycles. The quantitative estimate of drug-likeness (QED) is 0.293. The van der Waals surface area contributed by atoms with E-state index in [0.717, 1.165) is 40.9 Å². The van der Waals surface area contributed by atoms with Gasteiger partial charge in [0, 0.05) is 48.9 Å². The summed E-state index contributed by atoms with van der Waals surface area (Å²) < 4.78 is 24.7. The third kappa shape index (κ3) is 5.45. The molecule has 31 heavy (non-hydrogen) atoms. The number of H-pyrrole nitrogens is 1. The Morgan fingerprint density at radius 2 is 2.00 bits per heavy atom. The van der Waals surface area contributed by atoms with Crippen molar-refractivity contribution in [1.29, 1.82) is 5.26 Å². The monoisotopic (exact) mass is 423 g/mol. The van der Waals surface area contributed by atoms with E-state index in [1.807, 2.05) is 18.2 Å². The molecule has 0 aliphatic rings. The van der Waals surface area contributed by atoms with Crippen molar-refractivity contribution in [3.05, 3.63) is 59.0 Å². The number of hydrogen-bond acceptors (Lipinski definition) is 4. The first-order valence-electron chi connectivity index (χ1n) is 9.94. The first kappa shape index (κ1) is 22.0. The zero-order valence-corrected chi connectivity index (χ0v) is 17.9. The second kappa shape index (κ2) is 10.3. The summed E-state index contributed by atoms with van der Waals surface area (Å²) in [5, 5.41) is 16.3. The SMILES string of the molecule is CN=C(NCCCc1cc2c(OC)cc(OC)cc2[nH]1)NCc1cc(C#N)ccc1F. The van der Waals surface area contributed by atoms with E-state index in [0.29, 0.717) is 23.6 Å². The largest absolute Gasteiger partial charge is 0.497 e. The Hall–Kier alpha value is -3.73. The summed E-state index contributed by atoms with van der Waals surface area (Å²) in [6.07, 6.45) is 1.70. The zero-order valence-electron chi connectivity index (χ0n) is 17.9. The first-order chi connectivity index (χ1) is 15.1. The molecule has 7 nitrogen and oxygen atoms in total. The summed E-state index contributed by atoms with van der Waals surface area (Å²) in [7, 11) is 4.94. The molecule has 3 N–H and O–H groups in total. The summed E-state index contributed by atoms with van der Waals surface area (Å²) in [5.41, 5.74) is 2.91. The number of rotatable bonds is 8. The lowest BCUT2D eigenvalue weighted by atomic mass is 10.1. The molecule has 0 spiro atoms. The van der Waals surface area contributed by atoms with Gasteiger partial charge in [-0.2, -0.15) is 5.26 Å². The fourth-order valence-corrected chi connectivity index (χ4v) is 3.32. The van der Waals surface area contributed by atoms with Gasteiger partial charge < -0.3 is 25.1 Å². The lowest BCUT2D eigenvalue weighted by Gasteiger charge is -2.12. The standard InChI is InChI=1S/C23H26FN5O2/c1-26-23(28-14-16-9-15(13-25)6-7-20(16)24)27-8-4-5-17-10-19-21(29-17)11-18(30-2)12-22(19)31-3/h6-7,9-12,29H,4-5,8,14H2,1-3H3,(H2,26,27,28). The Balaban J connectivity index is 1.52. The minimum absolute atomic E-state index is 0.241. The van der Waals surface area contributed by atoms with E-state index in [9.17, 15) is 4.39 Å². The van der Waals surface area contributed by atoms with Crippen LogP contribution in [0.3, 0.4) is 0 Å². The predicted octanol–water partition coefficient (Wildman–Crippen LogP) is 3.49. The Bertz CT molecular complexity index is 1120. The third-order valence-corrected chi connectivity index (χ3v) is 4.95. The van der Waals surface area contributed by atoms with Gasteiger partial charge in [0.2, 0.25) is 0 Å². The number of nitrogens with zero attached hydrogens (tertiary/aromatic N) is 2. The second-order valence-corrected chi connectivity index (χ2v) is 6.96. The average Bonchev–Trinajstić information content (AvgIpc) is 3.21. The molecule has 0 radical (unpaired) electrons. The molecule has 0 saturated heterocycles. The van der Waals surface area contributed by atoms with Crippen LogP contribution >= 0.6 is 0 Å². The van der Waals surface area contributed by atoms with Crippen molar-refractivity contribution in [1.82, 2.24) is 15.6 Å². The molecule has 8 heteroatoms. The number of guanidine groups is 1. The normalized spacial score (nSPS) is 11.3. The molecule has 1 aromatic heterocycles. The van der Waals surface area contributed by atoms with Crippen LogP contribution in [0.15, 0.2) is 41.4 Å². The van der Waals surface area contributed by atoms with E-state index in [-0.39, 0.29) is 12.4 Å². The first-order valence-corrected chi connectivity index (χ1v) is 9.94. The summed E-state index contributed by atoms with van der Waals surface area (Å²) in [6, 6.07) is 12.2. The topological polar surface area (TPSA) is 94.5 Å². The Kier molecular flexibility index (Phi) is 7.33. The van der Waals surface area contributed by atoms with Crippen LogP contribution in [0.25, 0.3) is 10.9 Å². The fourth-order valence-electron chi connectivity index (χ4n) is 3.32. The number of aryl methyl sites for hydroxylation is 1. The van der Waals surface area contributed by atoms with Gasteiger partial charge in [0.15, 0.2) is 5.96 Å². The molecule has 0 aliphatic carbocycles. The molecule has 0 bridgehead atoms. The maximum absolute atomic E-state index is 13.9. The van der Waals surface area contributed by atoms with Crippen molar-refractivity contribution >= 4 is 16.9 Å². The maximum Gasteiger partial charge on any atom is 0.191 e. The van der Waals surface area contributed by atoms with E-state index in [1.165, 1.54) is 18.2 Å². The minimum Gasteiger partial charge on any atom is -0.497 e. The van der Waals surface area contributed by atoms with Gasteiger partial charge in [-0.3, -0.25) is 4.99 Å². The van der Waals surface area contributed by atoms with Crippen LogP contribution in [0, 0.1) is 17.1 Å². The van der Waals surface area contributed by atoms with E-state index in [1.54, 1.807) is 21.3 Å². The van der Waals surface area contributed by atoms with Gasteiger partial charge in [0.1, 0.15) is 17.3 Å². The fraction of sp³-hybridized carbons (Fsp3) is 0.304. The molecular formula is C23H26FN5O2. The number of fused-ring (bicyclic) bond motifs is 1. The highest BCUT2D eigenvalue weighted by molar-refractivity contribution is 5.88. The van der Waals surface area contributed by atoms with Crippen LogP contribution in [0.5, 0.6) is 11.5 Å². The molecular weight excluding hydrogens is 397 g/mol.